The zero-order chi connectivity index (χ0) is 94.2. The summed E-state index contributed by atoms with van der Waals surface area (Å²) in [5.74, 6) is 0. The van der Waals surface area contributed by atoms with Gasteiger partial charge in [0.2, 0.25) is 0 Å². The lowest BCUT2D eigenvalue weighted by Gasteiger charge is -2.28. The second-order valence-electron chi connectivity index (χ2n) is 36.4. The normalized spacial score (nSPS) is 11.4. The van der Waals surface area contributed by atoms with Gasteiger partial charge in [0.05, 0.1) is 17.1 Å². The highest BCUT2D eigenvalue weighted by atomic mass is 15.2. The molecule has 26 rings (SSSR count). The molecule has 0 aliphatic carbocycles. The molecule has 0 heterocycles. The quantitative estimate of drug-likeness (QED) is 0.0625. The van der Waals surface area contributed by atoms with E-state index in [9.17, 15) is 0 Å². The van der Waals surface area contributed by atoms with Gasteiger partial charge >= 0.3 is 0 Å². The van der Waals surface area contributed by atoms with Gasteiger partial charge in [0.25, 0.3) is 0 Å². The highest BCUT2D eigenvalue weighted by Gasteiger charge is 2.25. The van der Waals surface area contributed by atoms with E-state index in [4.69, 9.17) is 0 Å². The Hall–Kier alpha value is -18.4. The smallest absolute Gasteiger partial charge is 0.0540 e. The van der Waals surface area contributed by atoms with Crippen LogP contribution in [0.4, 0.5) is 85.3 Å². The largest absolute Gasteiger partial charge is 0.345 e. The third-order valence-corrected chi connectivity index (χ3v) is 28.2. The molecule has 668 valence electrons. The van der Waals surface area contributed by atoms with Crippen LogP contribution in [-0.2, 0) is 0 Å². The fourth-order valence-corrected chi connectivity index (χ4v) is 21.1. The molecule has 6 heteroatoms. The maximum absolute atomic E-state index is 2.39. The molecule has 0 spiro atoms. The van der Waals surface area contributed by atoms with Gasteiger partial charge in [-0.3, -0.25) is 0 Å². The van der Waals surface area contributed by atoms with Gasteiger partial charge in [0.15, 0.2) is 0 Å². The van der Waals surface area contributed by atoms with Crippen molar-refractivity contribution in [1.82, 2.24) is 0 Å². The van der Waals surface area contributed by atoms with Crippen molar-refractivity contribution in [3.63, 3.8) is 0 Å². The molecule has 0 N–H and O–H groups in total. The number of benzene rings is 26. The van der Waals surface area contributed by atoms with Crippen LogP contribution in [0, 0.1) is 0 Å². The second-order valence-corrected chi connectivity index (χ2v) is 36.4. The zero-order valence-corrected chi connectivity index (χ0v) is 78.6. The molecular formula is C135H98N6. The Morgan fingerprint density at radius 1 is 0.113 bits per heavy atom. The van der Waals surface area contributed by atoms with Gasteiger partial charge in [0.1, 0.15) is 0 Å². The van der Waals surface area contributed by atoms with Crippen molar-refractivity contribution < 1.29 is 0 Å². The Morgan fingerprint density at radius 2 is 0.404 bits per heavy atom. The molecule has 0 atom stereocenters. The molecule has 0 saturated heterocycles. The van der Waals surface area contributed by atoms with Crippen molar-refractivity contribution in [3.05, 3.63) is 540 Å². The number of hydrogen-bond acceptors (Lipinski definition) is 6. The fourth-order valence-electron chi connectivity index (χ4n) is 21.1. The number of nitrogens with zero attached hydrogens (tertiary/aromatic N) is 6. The van der Waals surface area contributed by atoms with E-state index in [1.807, 2.05) is 0 Å². The first kappa shape index (κ1) is 85.6. The number of rotatable bonds is 18. The lowest BCUT2D eigenvalue weighted by Crippen LogP contribution is -2.12. The van der Waals surface area contributed by atoms with Gasteiger partial charge in [-0.05, 0) is 289 Å². The predicted molar refractivity (Wildman–Crippen MR) is 607 cm³/mol. The topological polar surface area (TPSA) is 19.4 Å². The molecule has 0 radical (unpaired) electrons. The second kappa shape index (κ2) is 37.4. The van der Waals surface area contributed by atoms with Crippen molar-refractivity contribution in [1.29, 1.82) is 0 Å². The molecule has 0 aliphatic rings. The number of anilines is 15. The van der Waals surface area contributed by atoms with Crippen molar-refractivity contribution in [2.24, 2.45) is 0 Å². The van der Waals surface area contributed by atoms with E-state index in [-0.39, 0.29) is 0 Å². The maximum Gasteiger partial charge on any atom is 0.0540 e. The third-order valence-electron chi connectivity index (χ3n) is 28.2. The summed E-state index contributed by atoms with van der Waals surface area (Å²) in [5.41, 5.74) is 24.3. The first-order chi connectivity index (χ1) is 69.7. The lowest BCUT2D eigenvalue weighted by atomic mass is 9.89. The van der Waals surface area contributed by atoms with E-state index in [0.717, 1.165) is 73.9 Å². The number of hydrogen-bond donors (Lipinski definition) is 0. The van der Waals surface area contributed by atoms with E-state index in [0.29, 0.717) is 0 Å². The van der Waals surface area contributed by atoms with Crippen molar-refractivity contribution in [2.75, 3.05) is 50.5 Å². The molecular weight excluding hydrogens is 1710 g/mol. The van der Waals surface area contributed by atoms with Crippen LogP contribution in [0.15, 0.2) is 540 Å². The van der Waals surface area contributed by atoms with E-state index >= 15 is 0 Å². The van der Waals surface area contributed by atoms with Gasteiger partial charge in [-0.1, -0.05) is 376 Å². The summed E-state index contributed by atoms with van der Waals surface area (Å²) in [5, 5.41) is 27.9. The van der Waals surface area contributed by atoms with Crippen LogP contribution >= 0.6 is 0 Å². The van der Waals surface area contributed by atoms with Crippen LogP contribution in [0.3, 0.4) is 0 Å². The van der Waals surface area contributed by atoms with Crippen LogP contribution in [0.5, 0.6) is 0 Å². The highest BCUT2D eigenvalue weighted by Crippen LogP contribution is 2.50. The van der Waals surface area contributed by atoms with E-state index in [2.05, 4.69) is 590 Å². The van der Waals surface area contributed by atoms with Gasteiger partial charge < -0.3 is 29.4 Å². The Labute approximate surface area is 821 Å². The van der Waals surface area contributed by atoms with Gasteiger partial charge in [-0.2, -0.15) is 0 Å². The van der Waals surface area contributed by atoms with Crippen molar-refractivity contribution in [2.45, 2.75) is 0 Å². The van der Waals surface area contributed by atoms with Gasteiger partial charge in [-0.25, -0.2) is 0 Å². The Kier molecular flexibility index (Phi) is 22.7. The molecule has 0 aliphatic heterocycles. The summed E-state index contributed by atoms with van der Waals surface area (Å²) >= 11 is 0. The Bertz CT molecular complexity index is 9060. The average molecular weight is 1800 g/mol. The Morgan fingerprint density at radius 3 is 0.858 bits per heavy atom. The van der Waals surface area contributed by atoms with E-state index in [1.54, 1.807) is 0 Å². The maximum atomic E-state index is 2.39. The first-order valence-corrected chi connectivity index (χ1v) is 48.4. The summed E-state index contributed by atoms with van der Waals surface area (Å²) < 4.78 is 0. The summed E-state index contributed by atoms with van der Waals surface area (Å²) in [7, 11) is 6.49. The lowest BCUT2D eigenvalue weighted by molar-refractivity contribution is 1.21. The molecule has 26 aromatic carbocycles. The zero-order valence-electron chi connectivity index (χ0n) is 78.6. The van der Waals surface area contributed by atoms with Crippen LogP contribution in [-0.4, -0.2) is 21.1 Å². The van der Waals surface area contributed by atoms with E-state index < -0.39 is 0 Å². The third kappa shape index (κ3) is 16.4. The molecule has 0 aromatic heterocycles. The molecule has 0 bridgehead atoms. The van der Waals surface area contributed by atoms with Crippen molar-refractivity contribution >= 4 is 204 Å². The van der Waals surface area contributed by atoms with Crippen molar-refractivity contribution in [3.8, 4) is 33.4 Å². The standard InChI is InChI=1S/C49H34N2.2C43H32N2/c1-50(46-31-30-44-42-22-9-17-35-16-8-21-41(48(35)42)43-23-11-24-45(46)49(43)44)37-26-28-38(29-27-37)51(47-25-10-15-34-14-5-6-20-40(34)47)39-19-7-18-36(32-39)33-12-3-2-4-13-33;1-44(43-30-34-16-6-7-20-38(34)40-22-9-10-23-41(40)43)35-25-27-36(28-26-35)45(42-24-12-17-32-15-5-8-21-39(32)42)37-19-11-18-33(29-37)31-13-3-2-4-14-31;1-44(40-22-21-36-27-33-14-5-6-15-34(33)28-37(36)30-40)38-23-25-39(26-24-38)45(43-20-10-16-32-13-7-8-19-42(32)43)41-18-9-17-35(29-41)31-11-3-2-4-12-31/h2-32H,1H3;2*2-30H,1H3. The van der Waals surface area contributed by atoms with Gasteiger partial charge in [0, 0.05) is 116 Å². The molecule has 141 heavy (non-hydrogen) atoms. The Balaban J connectivity index is 0.000000115. The fraction of sp³-hybridized carbons (Fsp3) is 0.0222. The van der Waals surface area contributed by atoms with Gasteiger partial charge in [-0.15, -0.1) is 0 Å². The van der Waals surface area contributed by atoms with Crippen LogP contribution in [0.25, 0.3) is 152 Å². The monoisotopic (exact) mass is 1800 g/mol. The summed E-state index contributed by atoms with van der Waals surface area (Å²) in [6, 6.07) is 195. The molecule has 0 saturated carbocycles. The summed E-state index contributed by atoms with van der Waals surface area (Å²) in [4.78, 5) is 14.0. The molecule has 0 amide bonds. The molecule has 26 aromatic rings. The first-order valence-electron chi connectivity index (χ1n) is 48.4. The summed E-state index contributed by atoms with van der Waals surface area (Å²) in [6.07, 6.45) is 0. The van der Waals surface area contributed by atoms with Crippen LogP contribution < -0.4 is 29.4 Å². The summed E-state index contributed by atoms with van der Waals surface area (Å²) in [6.45, 7) is 0. The minimum absolute atomic E-state index is 1.11. The average Bonchev–Trinajstić information content (AvgIpc) is 0.714. The van der Waals surface area contributed by atoms with Crippen LogP contribution in [0.2, 0.25) is 0 Å². The minimum Gasteiger partial charge on any atom is -0.345 e. The van der Waals surface area contributed by atoms with Crippen LogP contribution in [0.1, 0.15) is 0 Å². The van der Waals surface area contributed by atoms with E-state index in [1.165, 1.54) is 163 Å². The SMILES string of the molecule is CN(c1ccc(N(c2cccc(-c3ccccc3)c2)c2cccc3ccccc23)cc1)c1cc2ccccc2c2ccccc12.CN(c1ccc(N(c2cccc(-c3ccccc3)c2)c2cccc3ccccc23)cc1)c1ccc2c3cccc4cccc(c5cccc1c52)c43.CN(c1ccc(N(c2cccc(-c3ccccc3)c2)c2cccc3ccccc23)cc1)c1ccc2cc3ccccc3cc2c1. The molecule has 0 fully saturated rings. The molecule has 0 unspecified atom stereocenters. The number of fused-ring (bicyclic) bond motifs is 10. The predicted octanol–water partition coefficient (Wildman–Crippen LogP) is 37.9. The molecule has 6 nitrogen and oxygen atoms in total. The minimum atomic E-state index is 1.11. The highest BCUT2D eigenvalue weighted by molar-refractivity contribution is 6.34.